The number of primary amides is 1. The highest BCUT2D eigenvalue weighted by Crippen LogP contribution is 2.29. The van der Waals surface area contributed by atoms with Crippen molar-refractivity contribution in [1.82, 2.24) is 0 Å². The standard InChI is InChI=1S/C13H15NO5/c1-8(13(14)17)19-10-5-3-9(4-6-12(15)16)7-11(10)18-2/h3-8H,1-2H3,(H2,14,17)(H,15,16)/b6-4+. The van der Waals surface area contributed by atoms with Crippen molar-refractivity contribution >= 4 is 18.0 Å². The number of amides is 1. The van der Waals surface area contributed by atoms with E-state index in [2.05, 4.69) is 0 Å². The summed E-state index contributed by atoms with van der Waals surface area (Å²) in [6.45, 7) is 1.53. The molecule has 1 aromatic carbocycles. The summed E-state index contributed by atoms with van der Waals surface area (Å²) < 4.78 is 10.5. The third-order valence-corrected chi connectivity index (χ3v) is 2.31. The van der Waals surface area contributed by atoms with Crippen molar-refractivity contribution in [3.8, 4) is 11.5 Å². The SMILES string of the molecule is COc1cc(/C=C/C(=O)O)ccc1OC(C)C(N)=O. The van der Waals surface area contributed by atoms with Gasteiger partial charge in [-0.3, -0.25) is 4.79 Å². The number of rotatable bonds is 6. The van der Waals surface area contributed by atoms with Gasteiger partial charge in [-0.1, -0.05) is 6.07 Å². The largest absolute Gasteiger partial charge is 0.493 e. The number of carboxylic acids is 1. The fraction of sp³-hybridized carbons (Fsp3) is 0.231. The van der Waals surface area contributed by atoms with Crippen LogP contribution in [0.25, 0.3) is 6.08 Å². The highest BCUT2D eigenvalue weighted by atomic mass is 16.5. The minimum atomic E-state index is -1.04. The maximum Gasteiger partial charge on any atom is 0.328 e. The predicted molar refractivity (Wildman–Crippen MR) is 68.9 cm³/mol. The maximum atomic E-state index is 10.9. The van der Waals surface area contributed by atoms with Gasteiger partial charge in [-0.2, -0.15) is 0 Å². The zero-order valence-electron chi connectivity index (χ0n) is 10.6. The first-order valence-corrected chi connectivity index (χ1v) is 5.49. The molecule has 102 valence electrons. The highest BCUT2D eigenvalue weighted by molar-refractivity contribution is 5.85. The summed E-state index contributed by atoms with van der Waals surface area (Å²) in [6.07, 6.45) is 1.65. The summed E-state index contributed by atoms with van der Waals surface area (Å²) >= 11 is 0. The van der Waals surface area contributed by atoms with Crippen molar-refractivity contribution in [2.24, 2.45) is 5.73 Å². The number of carbonyl (C=O) groups is 2. The van der Waals surface area contributed by atoms with Crippen LogP contribution < -0.4 is 15.2 Å². The molecule has 0 spiro atoms. The number of hydrogen-bond acceptors (Lipinski definition) is 4. The zero-order chi connectivity index (χ0) is 14.4. The Hall–Kier alpha value is -2.50. The summed E-state index contributed by atoms with van der Waals surface area (Å²) in [6, 6.07) is 4.83. The molecule has 0 saturated carbocycles. The lowest BCUT2D eigenvalue weighted by molar-refractivity contribution is -0.131. The number of aliphatic carboxylic acids is 1. The molecule has 19 heavy (non-hydrogen) atoms. The number of carbonyl (C=O) groups excluding carboxylic acids is 1. The van der Waals surface area contributed by atoms with E-state index in [0.717, 1.165) is 6.08 Å². The molecule has 0 aliphatic heterocycles. The van der Waals surface area contributed by atoms with Crippen LogP contribution in [-0.4, -0.2) is 30.2 Å². The molecule has 6 heteroatoms. The number of hydrogen-bond donors (Lipinski definition) is 2. The second-order valence-electron chi connectivity index (χ2n) is 3.74. The molecule has 0 fully saturated rings. The molecule has 1 unspecified atom stereocenters. The maximum absolute atomic E-state index is 10.9. The molecule has 1 rings (SSSR count). The number of carboxylic acid groups (broad SMARTS) is 1. The third kappa shape index (κ3) is 4.34. The van der Waals surface area contributed by atoms with E-state index in [1.54, 1.807) is 18.2 Å². The molecule has 0 aliphatic rings. The molecule has 1 atom stereocenters. The van der Waals surface area contributed by atoms with Crippen molar-refractivity contribution < 1.29 is 24.2 Å². The molecular weight excluding hydrogens is 250 g/mol. The Labute approximate surface area is 110 Å². The Kier molecular flexibility index (Phi) is 4.93. The smallest absolute Gasteiger partial charge is 0.328 e. The molecule has 0 saturated heterocycles. The fourth-order valence-corrected chi connectivity index (χ4v) is 1.30. The van der Waals surface area contributed by atoms with Crippen LogP contribution in [0, 0.1) is 0 Å². The first-order valence-electron chi connectivity index (χ1n) is 5.49. The topological polar surface area (TPSA) is 98.8 Å². The van der Waals surface area contributed by atoms with Gasteiger partial charge in [0.25, 0.3) is 5.91 Å². The second kappa shape index (κ2) is 6.44. The minimum Gasteiger partial charge on any atom is -0.493 e. The van der Waals surface area contributed by atoms with Crippen LogP contribution in [0.5, 0.6) is 11.5 Å². The van der Waals surface area contributed by atoms with E-state index in [1.165, 1.54) is 20.1 Å². The van der Waals surface area contributed by atoms with Crippen LogP contribution >= 0.6 is 0 Å². The molecule has 0 heterocycles. The molecule has 1 aromatic rings. The van der Waals surface area contributed by atoms with Crippen LogP contribution in [0.2, 0.25) is 0 Å². The Morgan fingerprint density at radius 3 is 2.58 bits per heavy atom. The summed E-state index contributed by atoms with van der Waals surface area (Å²) in [4.78, 5) is 21.3. The van der Waals surface area contributed by atoms with Crippen molar-refractivity contribution in [1.29, 1.82) is 0 Å². The van der Waals surface area contributed by atoms with Gasteiger partial charge in [-0.25, -0.2) is 4.79 Å². The Morgan fingerprint density at radius 2 is 2.05 bits per heavy atom. The highest BCUT2D eigenvalue weighted by Gasteiger charge is 2.13. The lowest BCUT2D eigenvalue weighted by Gasteiger charge is -2.14. The molecular formula is C13H15NO5. The molecule has 0 aliphatic carbocycles. The third-order valence-electron chi connectivity index (χ3n) is 2.31. The normalized spacial score (nSPS) is 12.1. The van der Waals surface area contributed by atoms with E-state index in [-0.39, 0.29) is 0 Å². The van der Waals surface area contributed by atoms with Crippen molar-refractivity contribution in [3.63, 3.8) is 0 Å². The number of methoxy groups -OCH3 is 1. The monoisotopic (exact) mass is 265 g/mol. The van der Waals surface area contributed by atoms with E-state index in [4.69, 9.17) is 20.3 Å². The second-order valence-corrected chi connectivity index (χ2v) is 3.74. The van der Waals surface area contributed by atoms with E-state index in [1.807, 2.05) is 0 Å². The zero-order valence-corrected chi connectivity index (χ0v) is 10.6. The van der Waals surface area contributed by atoms with Crippen LogP contribution in [-0.2, 0) is 9.59 Å². The van der Waals surface area contributed by atoms with Gasteiger partial charge in [0.15, 0.2) is 17.6 Å². The van der Waals surface area contributed by atoms with Gasteiger partial charge >= 0.3 is 5.97 Å². The lowest BCUT2D eigenvalue weighted by atomic mass is 10.2. The first kappa shape index (κ1) is 14.6. The molecule has 0 bridgehead atoms. The fourth-order valence-electron chi connectivity index (χ4n) is 1.30. The van der Waals surface area contributed by atoms with Crippen molar-refractivity contribution in [3.05, 3.63) is 29.8 Å². The van der Waals surface area contributed by atoms with Gasteiger partial charge in [-0.15, -0.1) is 0 Å². The first-order chi connectivity index (χ1) is 8.93. The molecule has 3 N–H and O–H groups in total. The van der Waals surface area contributed by atoms with Crippen LogP contribution in [0.1, 0.15) is 12.5 Å². The van der Waals surface area contributed by atoms with E-state index >= 15 is 0 Å². The predicted octanol–water partition coefficient (Wildman–Crippen LogP) is 1.05. The molecule has 6 nitrogen and oxygen atoms in total. The van der Waals surface area contributed by atoms with Gasteiger partial charge in [0.2, 0.25) is 0 Å². The lowest BCUT2D eigenvalue weighted by Crippen LogP contribution is -2.30. The van der Waals surface area contributed by atoms with E-state index in [0.29, 0.717) is 17.1 Å². The van der Waals surface area contributed by atoms with Gasteiger partial charge in [-0.05, 0) is 30.7 Å². The van der Waals surface area contributed by atoms with E-state index < -0.39 is 18.0 Å². The summed E-state index contributed by atoms with van der Waals surface area (Å²) in [5.74, 6) is -0.875. The van der Waals surface area contributed by atoms with E-state index in [9.17, 15) is 9.59 Å². The molecule has 0 aromatic heterocycles. The minimum absolute atomic E-state index is 0.362. The molecule has 0 radical (unpaired) electrons. The van der Waals surface area contributed by atoms with Crippen LogP contribution in [0.3, 0.4) is 0 Å². The summed E-state index contributed by atoms with van der Waals surface area (Å²) in [5, 5.41) is 8.54. The van der Waals surface area contributed by atoms with Gasteiger partial charge < -0.3 is 20.3 Å². The van der Waals surface area contributed by atoms with Gasteiger partial charge in [0, 0.05) is 6.08 Å². The van der Waals surface area contributed by atoms with Crippen molar-refractivity contribution in [2.45, 2.75) is 13.0 Å². The number of nitrogens with two attached hydrogens (primary N) is 1. The van der Waals surface area contributed by atoms with Crippen LogP contribution in [0.4, 0.5) is 0 Å². The molecule has 1 amide bonds. The summed E-state index contributed by atoms with van der Waals surface area (Å²) in [7, 11) is 1.45. The average molecular weight is 265 g/mol. The Balaban J connectivity index is 2.96. The Bertz CT molecular complexity index is 510. The van der Waals surface area contributed by atoms with Gasteiger partial charge in [0.1, 0.15) is 0 Å². The summed E-state index contributed by atoms with van der Waals surface area (Å²) in [5.41, 5.74) is 5.74. The van der Waals surface area contributed by atoms with Crippen LogP contribution in [0.15, 0.2) is 24.3 Å². The quantitative estimate of drug-likeness (QED) is 0.749. The van der Waals surface area contributed by atoms with Gasteiger partial charge in [0.05, 0.1) is 7.11 Å². The Morgan fingerprint density at radius 1 is 1.37 bits per heavy atom. The average Bonchev–Trinajstić information content (AvgIpc) is 2.37. The number of ether oxygens (including phenoxy) is 2. The number of benzene rings is 1. The van der Waals surface area contributed by atoms with Crippen molar-refractivity contribution in [2.75, 3.05) is 7.11 Å².